The van der Waals surface area contributed by atoms with E-state index in [1.165, 1.54) is 154 Å². The summed E-state index contributed by atoms with van der Waals surface area (Å²) in [5.74, 6) is 0. The Labute approximate surface area is 399 Å². The van der Waals surface area contributed by atoms with Gasteiger partial charge >= 0.3 is 88.7 Å². The van der Waals surface area contributed by atoms with Crippen LogP contribution in [0.15, 0.2) is 72.8 Å². The zero-order valence-corrected chi connectivity index (χ0v) is 43.2. The fourth-order valence-corrected chi connectivity index (χ4v) is 9.93. The van der Waals surface area contributed by atoms with Crippen molar-refractivity contribution in [1.82, 2.24) is 0 Å². The minimum atomic E-state index is -5.39. The Morgan fingerprint density at radius 3 is 0.833 bits per heavy atom. The molecule has 0 aliphatic rings. The second-order valence-electron chi connectivity index (χ2n) is 14.3. The maximum atomic E-state index is 8.55. The molecule has 0 saturated heterocycles. The van der Waals surface area contributed by atoms with Crippen molar-refractivity contribution in [2.75, 3.05) is 0 Å². The van der Waals surface area contributed by atoms with Gasteiger partial charge < -0.3 is 19.2 Å². The van der Waals surface area contributed by atoms with E-state index in [9.17, 15) is 0 Å². The standard InChI is InChI=1S/C45H69P.3Na.H3O4P/c1-4-7-10-13-16-19-22-31-40-34-25-28-37-43(40)46(44-38-29-26-35-41(44)32-23-20-17-14-11-8-5-2)45-39-30-27-36-42(45)33-24-21-18-15-12-9-6-3;;;;1-5(2,3)4/h25-30,34-39H,4-24,31-33H2,1-3H3;;;;(H3,1,2,3,4)/q;3*+1;/p-3. The molecule has 0 N–H and O–H groups in total. The summed E-state index contributed by atoms with van der Waals surface area (Å²) in [4.78, 5) is 25.6. The van der Waals surface area contributed by atoms with Crippen LogP contribution in [0.1, 0.15) is 172 Å². The molecule has 0 saturated carbocycles. The van der Waals surface area contributed by atoms with Crippen LogP contribution in [-0.4, -0.2) is 0 Å². The Morgan fingerprint density at radius 2 is 0.593 bits per heavy atom. The molecule has 0 amide bonds. The molecule has 286 valence electrons. The smallest absolute Gasteiger partial charge is 0.822 e. The first kappa shape index (κ1) is 57.3. The van der Waals surface area contributed by atoms with E-state index < -0.39 is 15.7 Å². The van der Waals surface area contributed by atoms with Gasteiger partial charge in [-0.1, -0.05) is 209 Å². The molecule has 0 unspecified atom stereocenters. The van der Waals surface area contributed by atoms with E-state index in [2.05, 4.69) is 93.6 Å². The van der Waals surface area contributed by atoms with Gasteiger partial charge in [-0.05, 0) is 79.1 Å². The van der Waals surface area contributed by atoms with Crippen LogP contribution in [0.25, 0.3) is 0 Å². The molecule has 0 spiro atoms. The molecule has 0 radical (unpaired) electrons. The summed E-state index contributed by atoms with van der Waals surface area (Å²) >= 11 is 0. The minimum Gasteiger partial charge on any atom is -0.822 e. The second-order valence-corrected chi connectivity index (χ2v) is 17.3. The molecular weight excluding hydrogens is 735 g/mol. The number of aryl methyl sites for hydroxylation is 3. The van der Waals surface area contributed by atoms with E-state index >= 15 is 0 Å². The van der Waals surface area contributed by atoms with E-state index in [4.69, 9.17) is 19.2 Å². The SMILES string of the molecule is CCCCCCCCCc1ccccc1P(c1ccccc1CCCCCCCCC)c1ccccc1CCCCCCCCC.O=P([O-])([O-])[O-].[Na+].[Na+].[Na+]. The fourth-order valence-electron chi connectivity index (χ4n) is 7.03. The first-order valence-electron chi connectivity index (χ1n) is 20.6. The normalized spacial score (nSPS) is 10.9. The predicted molar refractivity (Wildman–Crippen MR) is 218 cm³/mol. The molecule has 3 rings (SSSR count). The first-order chi connectivity index (χ1) is 24.8. The number of hydrogen-bond donors (Lipinski definition) is 0. The van der Waals surface area contributed by atoms with Crippen LogP contribution in [0.4, 0.5) is 0 Å². The Hall–Kier alpha value is 1.20. The van der Waals surface area contributed by atoms with Crippen LogP contribution in [0.3, 0.4) is 0 Å². The van der Waals surface area contributed by atoms with E-state index in [1.807, 2.05) is 0 Å². The zero-order valence-electron chi connectivity index (χ0n) is 35.4. The number of unbranched alkanes of at least 4 members (excludes halogenated alkanes) is 18. The van der Waals surface area contributed by atoms with E-state index in [-0.39, 0.29) is 88.7 Å². The number of hydrogen-bond acceptors (Lipinski definition) is 4. The van der Waals surface area contributed by atoms with Crippen molar-refractivity contribution in [3.05, 3.63) is 89.5 Å². The van der Waals surface area contributed by atoms with E-state index in [1.54, 1.807) is 32.6 Å². The third-order valence-corrected chi connectivity index (χ3v) is 12.6. The molecule has 54 heavy (non-hydrogen) atoms. The monoisotopic (exact) mass is 804 g/mol. The first-order valence-corrected chi connectivity index (χ1v) is 23.4. The van der Waals surface area contributed by atoms with Crippen molar-refractivity contribution in [3.63, 3.8) is 0 Å². The quantitative estimate of drug-likeness (QED) is 0.0666. The topological polar surface area (TPSA) is 86.2 Å². The molecule has 0 fully saturated rings. The van der Waals surface area contributed by atoms with Crippen molar-refractivity contribution >= 4 is 31.7 Å². The summed E-state index contributed by atoms with van der Waals surface area (Å²) in [6.07, 6.45) is 32.4. The maximum Gasteiger partial charge on any atom is 1.00 e. The van der Waals surface area contributed by atoms with Gasteiger partial charge in [0, 0.05) is 0 Å². The van der Waals surface area contributed by atoms with Crippen LogP contribution in [-0.2, 0) is 23.8 Å². The van der Waals surface area contributed by atoms with Crippen LogP contribution in [0.2, 0.25) is 0 Å². The molecule has 0 bridgehead atoms. The third kappa shape index (κ3) is 27.1. The fraction of sp³-hybridized carbons (Fsp3) is 0.600. The molecule has 9 heteroatoms. The van der Waals surface area contributed by atoms with Crippen LogP contribution in [0, 0.1) is 0 Å². The number of rotatable bonds is 27. The molecule has 4 nitrogen and oxygen atoms in total. The van der Waals surface area contributed by atoms with Gasteiger partial charge in [-0.15, -0.1) is 0 Å². The van der Waals surface area contributed by atoms with Gasteiger partial charge in [0.25, 0.3) is 0 Å². The van der Waals surface area contributed by atoms with Gasteiger partial charge in [-0.3, -0.25) is 0 Å². The molecule has 3 aromatic carbocycles. The minimum absolute atomic E-state index is 0. The second kappa shape index (κ2) is 37.2. The van der Waals surface area contributed by atoms with Crippen LogP contribution < -0.4 is 119 Å². The van der Waals surface area contributed by atoms with Crippen LogP contribution in [0.5, 0.6) is 0 Å². The Balaban J connectivity index is 0. The van der Waals surface area contributed by atoms with E-state index in [0.717, 1.165) is 0 Å². The summed E-state index contributed by atoms with van der Waals surface area (Å²) in [6, 6.07) is 28.7. The van der Waals surface area contributed by atoms with Crippen molar-refractivity contribution in [2.24, 2.45) is 0 Å². The third-order valence-electron chi connectivity index (χ3n) is 9.85. The summed E-state index contributed by atoms with van der Waals surface area (Å²) in [5.41, 5.74) is 4.79. The van der Waals surface area contributed by atoms with Gasteiger partial charge in [0.1, 0.15) is 0 Å². The van der Waals surface area contributed by atoms with Gasteiger partial charge in [0.2, 0.25) is 0 Å². The molecule has 0 aromatic heterocycles. The van der Waals surface area contributed by atoms with Crippen molar-refractivity contribution < 1.29 is 108 Å². The van der Waals surface area contributed by atoms with Crippen molar-refractivity contribution in [3.8, 4) is 0 Å². The Bertz CT molecular complexity index is 1200. The maximum absolute atomic E-state index is 8.55. The average molecular weight is 805 g/mol. The number of phosphoric acid groups is 1. The summed E-state index contributed by atoms with van der Waals surface area (Å²) in [5, 5.41) is 4.84. The zero-order chi connectivity index (χ0) is 37.0. The van der Waals surface area contributed by atoms with Crippen molar-refractivity contribution in [1.29, 1.82) is 0 Å². The van der Waals surface area contributed by atoms with Crippen LogP contribution >= 0.6 is 15.7 Å². The van der Waals surface area contributed by atoms with Gasteiger partial charge in [-0.2, -0.15) is 7.82 Å². The Kier molecular flexibility index (Phi) is 39.5. The molecule has 3 aromatic rings. The van der Waals surface area contributed by atoms with Crippen molar-refractivity contribution in [2.45, 2.75) is 175 Å². The van der Waals surface area contributed by atoms with Gasteiger partial charge in [0.15, 0.2) is 0 Å². The summed E-state index contributed by atoms with van der Waals surface area (Å²) < 4.78 is 8.55. The molecule has 0 aliphatic carbocycles. The summed E-state index contributed by atoms with van der Waals surface area (Å²) in [6.45, 7) is 6.94. The molecular formula is C45H69Na3O4P2. The van der Waals surface area contributed by atoms with E-state index in [0.29, 0.717) is 0 Å². The average Bonchev–Trinajstić information content (AvgIpc) is 3.11. The molecule has 0 aliphatic heterocycles. The molecule has 0 atom stereocenters. The Morgan fingerprint density at radius 1 is 0.389 bits per heavy atom. The van der Waals surface area contributed by atoms with Gasteiger partial charge in [-0.25, -0.2) is 0 Å². The molecule has 0 heterocycles. The van der Waals surface area contributed by atoms with Gasteiger partial charge in [0.05, 0.1) is 0 Å². The largest absolute Gasteiger partial charge is 1.00 e. The number of benzene rings is 3. The summed E-state index contributed by atoms with van der Waals surface area (Å²) in [7, 11) is -5.99. The predicted octanol–water partition coefficient (Wildman–Crippen LogP) is 1.51.